The summed E-state index contributed by atoms with van der Waals surface area (Å²) in [6, 6.07) is 14.7. The van der Waals surface area contributed by atoms with Crippen LogP contribution >= 0.6 is 0 Å². The molecule has 0 bridgehead atoms. The summed E-state index contributed by atoms with van der Waals surface area (Å²) in [5.74, 6) is -0.562. The van der Waals surface area contributed by atoms with Gasteiger partial charge in [0.15, 0.2) is 5.92 Å². The molecule has 1 aliphatic rings. The Hall–Kier alpha value is -3.35. The minimum Gasteiger partial charge on any atom is -0.497 e. The molecule has 0 aliphatic carbocycles. The van der Waals surface area contributed by atoms with Crippen LogP contribution < -0.4 is 9.64 Å². The van der Waals surface area contributed by atoms with Gasteiger partial charge in [0, 0.05) is 6.54 Å². The fraction of sp³-hybridized carbons (Fsp3) is 0.400. The molecular weight excluding hydrogens is 406 g/mol. The molecule has 0 radical (unpaired) electrons. The van der Waals surface area contributed by atoms with E-state index in [-0.39, 0.29) is 12.5 Å². The summed E-state index contributed by atoms with van der Waals surface area (Å²) in [6.45, 7) is 4.59. The number of hydrogen-bond acceptors (Lipinski definition) is 5. The molecule has 0 saturated heterocycles. The average molecular weight is 436 g/mol. The van der Waals surface area contributed by atoms with E-state index in [1.165, 1.54) is 0 Å². The largest absolute Gasteiger partial charge is 0.497 e. The molecule has 4 rings (SSSR count). The number of rotatable bonds is 8. The summed E-state index contributed by atoms with van der Waals surface area (Å²) in [5.41, 5.74) is 2.46. The Bertz CT molecular complexity index is 1120. The van der Waals surface area contributed by atoms with Crippen LogP contribution in [0.25, 0.3) is 11.0 Å². The van der Waals surface area contributed by atoms with Crippen molar-refractivity contribution in [3.63, 3.8) is 0 Å². The van der Waals surface area contributed by atoms with Crippen LogP contribution in [0.2, 0.25) is 0 Å². The zero-order chi connectivity index (χ0) is 22.7. The second-order valence-corrected chi connectivity index (χ2v) is 7.92. The van der Waals surface area contributed by atoms with Gasteiger partial charge in [0.2, 0.25) is 11.9 Å². The second kappa shape index (κ2) is 9.42. The van der Waals surface area contributed by atoms with Gasteiger partial charge in [-0.05, 0) is 43.2 Å². The molecule has 2 atom stereocenters. The van der Waals surface area contributed by atoms with Crippen molar-refractivity contribution in [2.45, 2.75) is 39.2 Å². The van der Waals surface area contributed by atoms with Gasteiger partial charge in [0.05, 0.1) is 30.8 Å². The van der Waals surface area contributed by atoms with E-state index in [0.717, 1.165) is 35.9 Å². The zero-order valence-electron chi connectivity index (χ0n) is 18.8. The fourth-order valence-corrected chi connectivity index (χ4v) is 4.41. The monoisotopic (exact) mass is 435 g/mol. The fourth-order valence-electron chi connectivity index (χ4n) is 4.41. The molecule has 1 aromatic heterocycles. The number of hydrogen-bond donors (Lipinski definition) is 0. The Kier molecular flexibility index (Phi) is 6.44. The molecule has 7 nitrogen and oxygen atoms in total. The number of nitrogens with zero attached hydrogens (tertiary/aromatic N) is 3. The van der Waals surface area contributed by atoms with E-state index in [4.69, 9.17) is 14.5 Å². The molecule has 1 amide bonds. The minimum atomic E-state index is -1.01. The molecule has 0 unspecified atom stereocenters. The van der Waals surface area contributed by atoms with E-state index in [1.807, 2.05) is 53.1 Å². The number of fused-ring (bicyclic) bond motifs is 3. The Morgan fingerprint density at radius 2 is 1.91 bits per heavy atom. The summed E-state index contributed by atoms with van der Waals surface area (Å²) >= 11 is 0. The molecule has 32 heavy (non-hydrogen) atoms. The zero-order valence-corrected chi connectivity index (χ0v) is 18.8. The molecule has 2 aromatic carbocycles. The van der Waals surface area contributed by atoms with Crippen molar-refractivity contribution in [2.24, 2.45) is 5.92 Å². The third-order valence-electron chi connectivity index (χ3n) is 5.91. The average Bonchev–Trinajstić information content (AvgIpc) is 3.19. The molecule has 0 spiro atoms. The number of anilines is 1. The first-order valence-electron chi connectivity index (χ1n) is 11.2. The van der Waals surface area contributed by atoms with Crippen molar-refractivity contribution in [1.82, 2.24) is 9.55 Å². The van der Waals surface area contributed by atoms with E-state index in [0.29, 0.717) is 18.2 Å². The van der Waals surface area contributed by atoms with Crippen LogP contribution in [0.5, 0.6) is 5.75 Å². The van der Waals surface area contributed by atoms with Crippen molar-refractivity contribution in [3.8, 4) is 5.75 Å². The first kappa shape index (κ1) is 21.9. The van der Waals surface area contributed by atoms with Crippen LogP contribution in [-0.2, 0) is 14.3 Å². The quantitative estimate of drug-likeness (QED) is 0.299. The van der Waals surface area contributed by atoms with Crippen LogP contribution in [0.1, 0.15) is 44.7 Å². The lowest BCUT2D eigenvalue weighted by Gasteiger charge is -2.38. The standard InChI is InChI=1S/C25H29N3O4/c1-4-6-9-15-27-23(29)21(24(30)32-5-2)22(17-11-10-12-18(16-17)31-3)28-20-14-8-7-13-19(20)26-25(27)28/h7-8,10-14,16,21-22H,4-6,9,15H2,1-3H3/t21-,22-/m0/s1. The number of amides is 1. The summed E-state index contributed by atoms with van der Waals surface area (Å²) in [7, 11) is 1.60. The van der Waals surface area contributed by atoms with Crippen molar-refractivity contribution in [2.75, 3.05) is 25.2 Å². The number of benzene rings is 2. The maximum absolute atomic E-state index is 13.8. The smallest absolute Gasteiger partial charge is 0.321 e. The number of carbonyl (C=O) groups excluding carboxylic acids is 2. The highest BCUT2D eigenvalue weighted by molar-refractivity contribution is 6.08. The van der Waals surface area contributed by atoms with Gasteiger partial charge in [0.25, 0.3) is 0 Å². The van der Waals surface area contributed by atoms with Gasteiger partial charge in [-0.25, -0.2) is 4.98 Å². The number of unbranched alkanes of at least 4 members (excludes halogenated alkanes) is 2. The van der Waals surface area contributed by atoms with E-state index in [9.17, 15) is 9.59 Å². The maximum atomic E-state index is 13.8. The third kappa shape index (κ3) is 3.83. The van der Waals surface area contributed by atoms with Crippen molar-refractivity contribution >= 4 is 28.9 Å². The molecule has 7 heteroatoms. The van der Waals surface area contributed by atoms with Gasteiger partial charge >= 0.3 is 5.97 Å². The van der Waals surface area contributed by atoms with Crippen LogP contribution in [0.4, 0.5) is 5.95 Å². The van der Waals surface area contributed by atoms with Gasteiger partial charge < -0.3 is 14.0 Å². The van der Waals surface area contributed by atoms with Gasteiger partial charge in [-0.15, -0.1) is 0 Å². The highest BCUT2D eigenvalue weighted by atomic mass is 16.5. The molecule has 0 saturated carbocycles. The first-order valence-corrected chi connectivity index (χ1v) is 11.2. The molecule has 3 aromatic rings. The number of ether oxygens (including phenoxy) is 2. The summed E-state index contributed by atoms with van der Waals surface area (Å²) in [5, 5.41) is 0. The molecule has 0 fully saturated rings. The summed E-state index contributed by atoms with van der Waals surface area (Å²) in [6.07, 6.45) is 2.87. The van der Waals surface area contributed by atoms with Gasteiger partial charge in [-0.1, -0.05) is 44.0 Å². The van der Waals surface area contributed by atoms with Crippen molar-refractivity contribution in [1.29, 1.82) is 0 Å². The predicted molar refractivity (Wildman–Crippen MR) is 123 cm³/mol. The van der Waals surface area contributed by atoms with E-state index < -0.39 is 17.9 Å². The highest BCUT2D eigenvalue weighted by Gasteiger charge is 2.47. The van der Waals surface area contributed by atoms with Crippen LogP contribution in [0, 0.1) is 5.92 Å². The maximum Gasteiger partial charge on any atom is 0.321 e. The van der Waals surface area contributed by atoms with E-state index >= 15 is 0 Å². The molecule has 0 N–H and O–H groups in total. The molecular formula is C25H29N3O4. The molecule has 1 aliphatic heterocycles. The SMILES string of the molecule is CCCCCN1C(=O)[C@@H](C(=O)OCC)[C@H](c2cccc(OC)c2)n2c1nc1ccccc12. The lowest BCUT2D eigenvalue weighted by molar-refractivity contribution is -0.153. The first-order chi connectivity index (χ1) is 15.6. The van der Waals surface area contributed by atoms with Crippen molar-refractivity contribution in [3.05, 3.63) is 54.1 Å². The van der Waals surface area contributed by atoms with Gasteiger partial charge in [-0.2, -0.15) is 0 Å². The number of esters is 1. The highest BCUT2D eigenvalue weighted by Crippen LogP contribution is 2.42. The lowest BCUT2D eigenvalue weighted by Crippen LogP contribution is -2.50. The Morgan fingerprint density at radius 1 is 1.09 bits per heavy atom. The van der Waals surface area contributed by atoms with E-state index in [1.54, 1.807) is 18.9 Å². The molecule has 168 valence electrons. The van der Waals surface area contributed by atoms with Crippen LogP contribution in [0.15, 0.2) is 48.5 Å². The van der Waals surface area contributed by atoms with Crippen LogP contribution in [0.3, 0.4) is 0 Å². The van der Waals surface area contributed by atoms with Crippen LogP contribution in [-0.4, -0.2) is 41.7 Å². The summed E-state index contributed by atoms with van der Waals surface area (Å²) in [4.78, 5) is 33.4. The second-order valence-electron chi connectivity index (χ2n) is 7.92. The Labute approximate surface area is 187 Å². The Morgan fingerprint density at radius 3 is 2.66 bits per heavy atom. The van der Waals surface area contributed by atoms with Gasteiger partial charge in [0.1, 0.15) is 5.75 Å². The normalized spacial score (nSPS) is 18.0. The van der Waals surface area contributed by atoms with Gasteiger partial charge in [-0.3, -0.25) is 14.5 Å². The van der Waals surface area contributed by atoms with E-state index in [2.05, 4.69) is 6.92 Å². The predicted octanol–water partition coefficient (Wildman–Crippen LogP) is 4.35. The third-order valence-corrected chi connectivity index (χ3v) is 5.91. The number of imidazole rings is 1. The van der Waals surface area contributed by atoms with Crippen molar-refractivity contribution < 1.29 is 19.1 Å². The number of aromatic nitrogens is 2. The molecule has 2 heterocycles. The number of para-hydroxylation sites is 2. The lowest BCUT2D eigenvalue weighted by atomic mass is 9.89. The number of carbonyl (C=O) groups is 2. The Balaban J connectivity index is 1.94. The number of methoxy groups -OCH3 is 1. The summed E-state index contributed by atoms with van der Waals surface area (Å²) < 4.78 is 12.8. The minimum absolute atomic E-state index is 0.209. The topological polar surface area (TPSA) is 73.7 Å².